The summed E-state index contributed by atoms with van der Waals surface area (Å²) in [7, 11) is -9.62. The number of benzene rings is 1. The van der Waals surface area contributed by atoms with Crippen molar-refractivity contribution in [1.82, 2.24) is 0 Å². The maximum atomic E-state index is 11.0. The molecule has 1 aromatic carbocycles. The second-order valence-electron chi connectivity index (χ2n) is 3.26. The molecule has 3 N–H and O–H groups in total. The topological polar surface area (TPSA) is 146 Å². The van der Waals surface area contributed by atoms with Crippen LogP contribution < -0.4 is 0 Å². The maximum absolute atomic E-state index is 11.0. The first-order chi connectivity index (χ1) is 7.94. The van der Waals surface area contributed by atoms with Gasteiger partial charge < -0.3 is 4.55 Å². The summed E-state index contributed by atoms with van der Waals surface area (Å²) in [6.07, 6.45) is 0. The molecule has 0 saturated carbocycles. The van der Waals surface area contributed by atoms with Crippen LogP contribution in [0.5, 0.6) is 0 Å². The first kappa shape index (κ1) is 19.2. The zero-order valence-corrected chi connectivity index (χ0v) is 15.9. The summed E-state index contributed by atoms with van der Waals surface area (Å²) in [5, 5.41) is 0. The molecule has 0 spiro atoms. The Labute approximate surface area is 135 Å². The predicted octanol–water partition coefficient (Wildman–Crippen LogP) is 0.0690. The number of hydrogen-bond acceptors (Lipinski definition) is 5. The Balaban J connectivity index is 0.00000324. The van der Waals surface area contributed by atoms with Crippen molar-refractivity contribution in [3.63, 3.8) is 0 Å². The van der Waals surface area contributed by atoms with Gasteiger partial charge in [0.05, 0.1) is 9.79 Å². The fraction of sp³-hybridized carbons (Fsp3) is 0.143. The van der Waals surface area contributed by atoms with Gasteiger partial charge in [-0.1, -0.05) is 0 Å². The van der Waals surface area contributed by atoms with E-state index in [2.05, 4.69) is 0 Å². The average molecular weight is 554 g/mol. The zero-order chi connectivity index (χ0) is 14.3. The zero-order valence-electron chi connectivity index (χ0n) is 9.26. The molecular weight excluding hydrogens is 546 g/mol. The van der Waals surface area contributed by atoms with Crippen molar-refractivity contribution in [3.8, 4) is 0 Å². The summed E-state index contributed by atoms with van der Waals surface area (Å²) in [5.74, 6) is 0. The third-order valence-electron chi connectivity index (χ3n) is 1.99. The third-order valence-corrected chi connectivity index (χ3v) is 4.72. The van der Waals surface area contributed by atoms with Crippen LogP contribution in [0, 0.1) is 38.0 Å². The molecule has 0 aliphatic carbocycles. The van der Waals surface area contributed by atoms with Gasteiger partial charge >= 0.3 is 0 Å². The van der Waals surface area contributed by atoms with Crippen LogP contribution in [0.2, 0.25) is 0 Å². The van der Waals surface area contributed by atoms with E-state index >= 15 is 0 Å². The van der Waals surface area contributed by atoms with Crippen molar-refractivity contribution in [2.75, 3.05) is 0 Å². The van der Waals surface area contributed by atoms with Crippen LogP contribution in [-0.4, -0.2) is 34.7 Å². The van der Waals surface area contributed by atoms with Crippen LogP contribution in [0.15, 0.2) is 26.8 Å². The van der Waals surface area contributed by atoms with Gasteiger partial charge in [0.15, 0.2) is 11.1 Å². The molecule has 1 rings (SSSR count). The minimum Gasteiger partial charge on any atom is -0.302 e. The van der Waals surface area contributed by atoms with Crippen molar-refractivity contribution in [2.24, 2.45) is 0 Å². The summed E-state index contributed by atoms with van der Waals surface area (Å²) >= 11 is -2.75. The van der Waals surface area contributed by atoms with E-state index < -0.39 is 46.0 Å². The van der Waals surface area contributed by atoms with E-state index in [1.807, 2.05) is 0 Å². The third kappa shape index (κ3) is 4.61. The van der Waals surface area contributed by atoms with E-state index in [9.17, 15) is 21.0 Å². The number of hydrogen-bond donors (Lipinski definition) is 3. The number of rotatable bonds is 3. The van der Waals surface area contributed by atoms with Gasteiger partial charge in [-0.25, -0.2) is 4.21 Å². The molecule has 0 radical (unpaired) electrons. The molecule has 0 aromatic heterocycles. The Morgan fingerprint density at radius 2 is 1.42 bits per heavy atom. The molecule has 0 heterocycles. The largest absolute Gasteiger partial charge is 0.302 e. The predicted molar refractivity (Wildman–Crippen MR) is 59.8 cm³/mol. The van der Waals surface area contributed by atoms with Crippen molar-refractivity contribution in [3.05, 3.63) is 17.7 Å². The Bertz CT molecular complexity index is 721. The Morgan fingerprint density at radius 1 is 1.00 bits per heavy atom. The molecule has 0 saturated heterocycles. The monoisotopic (exact) mass is 554 g/mol. The van der Waals surface area contributed by atoms with E-state index in [0.29, 0.717) is 6.07 Å². The molecule has 12 heteroatoms. The molecule has 1 atom stereocenters. The first-order valence-electron chi connectivity index (χ1n) is 4.15. The van der Waals surface area contributed by atoms with Crippen LogP contribution >= 0.6 is 0 Å². The molecular formula is C7H8O8S3U. The van der Waals surface area contributed by atoms with Crippen molar-refractivity contribution < 1.29 is 65.8 Å². The Kier molecular flexibility index (Phi) is 6.38. The fourth-order valence-electron chi connectivity index (χ4n) is 1.26. The summed E-state index contributed by atoms with van der Waals surface area (Å²) < 4.78 is 81.3. The van der Waals surface area contributed by atoms with E-state index in [1.54, 1.807) is 0 Å². The summed E-state index contributed by atoms with van der Waals surface area (Å²) in [5.41, 5.74) is -0.137. The smallest absolute Gasteiger partial charge is 0.295 e. The van der Waals surface area contributed by atoms with Crippen LogP contribution in [-0.2, 0) is 31.3 Å². The van der Waals surface area contributed by atoms with Gasteiger partial charge in [0, 0.05) is 31.1 Å². The van der Waals surface area contributed by atoms with Crippen LogP contribution in [0.1, 0.15) is 5.56 Å². The molecule has 1 unspecified atom stereocenters. The SMILES string of the molecule is Cc1cc(S(=O)O)c(S(=O)(=O)O)cc1S(=O)(=O)O.[U]. The Morgan fingerprint density at radius 3 is 1.74 bits per heavy atom. The summed E-state index contributed by atoms with van der Waals surface area (Å²) in [4.78, 5) is -2.51. The van der Waals surface area contributed by atoms with Crippen molar-refractivity contribution >= 4 is 31.3 Å². The maximum Gasteiger partial charge on any atom is 0.295 e. The van der Waals surface area contributed by atoms with E-state index in [1.165, 1.54) is 6.92 Å². The quantitative estimate of drug-likeness (QED) is 0.352. The number of aryl methyl sites for hydroxylation is 1. The molecule has 0 aliphatic heterocycles. The van der Waals surface area contributed by atoms with Gasteiger partial charge in [-0.3, -0.25) is 9.11 Å². The van der Waals surface area contributed by atoms with Crippen LogP contribution in [0.3, 0.4) is 0 Å². The van der Waals surface area contributed by atoms with Gasteiger partial charge in [0.25, 0.3) is 20.2 Å². The fourth-order valence-corrected chi connectivity index (χ4v) is 3.68. The Hall–Kier alpha value is 0.202. The second-order valence-corrected chi connectivity index (χ2v) is 6.98. The van der Waals surface area contributed by atoms with Crippen molar-refractivity contribution in [2.45, 2.75) is 21.6 Å². The van der Waals surface area contributed by atoms with E-state index in [-0.39, 0.29) is 36.7 Å². The van der Waals surface area contributed by atoms with Crippen LogP contribution in [0.4, 0.5) is 0 Å². The minimum atomic E-state index is -4.91. The second kappa shape index (κ2) is 6.32. The first-order valence-corrected chi connectivity index (χ1v) is 8.13. The summed E-state index contributed by atoms with van der Waals surface area (Å²) in [6, 6.07) is 1.20. The van der Waals surface area contributed by atoms with Gasteiger partial charge in [-0.2, -0.15) is 16.8 Å². The molecule has 8 nitrogen and oxygen atoms in total. The average Bonchev–Trinajstić information content (AvgIpc) is 2.12. The summed E-state index contributed by atoms with van der Waals surface area (Å²) in [6.45, 7) is 1.19. The van der Waals surface area contributed by atoms with Crippen LogP contribution in [0.25, 0.3) is 0 Å². The van der Waals surface area contributed by atoms with Gasteiger partial charge in [0.2, 0.25) is 0 Å². The molecule has 0 amide bonds. The van der Waals surface area contributed by atoms with Gasteiger partial charge in [-0.05, 0) is 24.6 Å². The molecule has 0 fully saturated rings. The van der Waals surface area contributed by atoms with Crippen molar-refractivity contribution in [1.29, 1.82) is 0 Å². The van der Waals surface area contributed by atoms with Gasteiger partial charge in [-0.15, -0.1) is 0 Å². The molecule has 19 heavy (non-hydrogen) atoms. The minimum absolute atomic E-state index is 0. The molecule has 0 bridgehead atoms. The van der Waals surface area contributed by atoms with Gasteiger partial charge in [0.1, 0.15) is 4.90 Å². The molecule has 0 aliphatic rings. The van der Waals surface area contributed by atoms with E-state index in [0.717, 1.165) is 6.07 Å². The molecule has 106 valence electrons. The molecule has 1 aromatic rings. The van der Waals surface area contributed by atoms with E-state index in [4.69, 9.17) is 13.7 Å². The standard InChI is InChI=1S/C7H8O8S3.U/c1-4-2-5(16(8)9)7(18(13,14)15)3-6(4)17(10,11)12;/h2-3H,1H3,(H,8,9)(H,10,11,12)(H,13,14,15);. The normalized spacial score (nSPS) is 13.7.